The minimum absolute atomic E-state index is 0.0801. The average Bonchev–Trinajstić information content (AvgIpc) is 2.81. The van der Waals surface area contributed by atoms with Crippen molar-refractivity contribution >= 4 is 21.7 Å². The van der Waals surface area contributed by atoms with Crippen molar-refractivity contribution in [3.8, 4) is 0 Å². The van der Waals surface area contributed by atoms with Gasteiger partial charge in [-0.05, 0) is 35.0 Å². The fourth-order valence-electron chi connectivity index (χ4n) is 1.53. The van der Waals surface area contributed by atoms with Crippen LogP contribution in [0.15, 0.2) is 33.5 Å². The van der Waals surface area contributed by atoms with E-state index < -0.39 is 0 Å². The summed E-state index contributed by atoms with van der Waals surface area (Å²) in [5.41, 5.74) is 0. The Labute approximate surface area is 109 Å². The molecule has 1 unspecified atom stereocenters. The fraction of sp³-hybridized carbons (Fsp3) is 0.333. The highest BCUT2D eigenvalue weighted by Gasteiger charge is 2.09. The maximum atomic E-state index is 5.34. The first kappa shape index (κ1) is 12.1. The van der Waals surface area contributed by atoms with E-state index in [9.17, 15) is 0 Å². The van der Waals surface area contributed by atoms with Crippen molar-refractivity contribution in [1.29, 1.82) is 0 Å². The number of anilines is 1. The third kappa shape index (κ3) is 3.06. The Morgan fingerprint density at radius 3 is 2.94 bits per heavy atom. The molecule has 5 heteroatoms. The van der Waals surface area contributed by atoms with E-state index in [4.69, 9.17) is 4.42 Å². The number of hydrogen-bond acceptors (Lipinski definition) is 4. The summed E-state index contributed by atoms with van der Waals surface area (Å²) in [5, 5.41) is 3.28. The molecular weight excluding hydrogens is 282 g/mol. The van der Waals surface area contributed by atoms with Crippen LogP contribution in [0.4, 0.5) is 5.82 Å². The molecule has 0 bridgehead atoms. The molecule has 0 amide bonds. The van der Waals surface area contributed by atoms with Crippen LogP contribution in [-0.2, 0) is 6.42 Å². The quantitative estimate of drug-likeness (QED) is 0.876. The van der Waals surface area contributed by atoms with Crippen molar-refractivity contribution in [2.75, 3.05) is 5.32 Å². The lowest BCUT2D eigenvalue weighted by atomic mass is 10.2. The number of rotatable bonds is 4. The van der Waals surface area contributed by atoms with Gasteiger partial charge in [0.25, 0.3) is 0 Å². The Morgan fingerprint density at radius 1 is 1.47 bits per heavy atom. The predicted molar refractivity (Wildman–Crippen MR) is 69.9 cm³/mol. The van der Waals surface area contributed by atoms with Crippen LogP contribution in [0.3, 0.4) is 0 Å². The molecular formula is C12H14BrN3O. The molecule has 1 atom stereocenters. The molecule has 1 N–H and O–H groups in total. The van der Waals surface area contributed by atoms with Gasteiger partial charge < -0.3 is 9.73 Å². The van der Waals surface area contributed by atoms with Gasteiger partial charge in [0.1, 0.15) is 22.0 Å². The highest BCUT2D eigenvalue weighted by atomic mass is 79.9. The summed E-state index contributed by atoms with van der Waals surface area (Å²) in [6.45, 7) is 4.06. The van der Waals surface area contributed by atoms with Gasteiger partial charge in [0.15, 0.2) is 0 Å². The Balaban J connectivity index is 2.15. The van der Waals surface area contributed by atoms with E-state index in [1.807, 2.05) is 32.0 Å². The highest BCUT2D eigenvalue weighted by Crippen LogP contribution is 2.20. The number of halogens is 1. The first-order valence-corrected chi connectivity index (χ1v) is 6.31. The molecule has 0 aliphatic heterocycles. The molecule has 0 spiro atoms. The summed E-state index contributed by atoms with van der Waals surface area (Å²) in [6.07, 6.45) is 2.48. The molecule has 0 aromatic carbocycles. The average molecular weight is 296 g/mol. The molecule has 2 heterocycles. The molecule has 2 aromatic heterocycles. The van der Waals surface area contributed by atoms with Gasteiger partial charge in [-0.1, -0.05) is 6.92 Å². The standard InChI is InChI=1S/C12H14BrN3O/c1-3-11-15-10(13)7-12(16-11)14-8(2)9-5-4-6-17-9/h4-8H,3H2,1-2H3,(H,14,15,16). The molecule has 2 aromatic rings. The molecule has 90 valence electrons. The van der Waals surface area contributed by atoms with Gasteiger partial charge in [-0.15, -0.1) is 0 Å². The minimum Gasteiger partial charge on any atom is -0.467 e. The Bertz CT molecular complexity index is 485. The zero-order chi connectivity index (χ0) is 12.3. The van der Waals surface area contributed by atoms with Gasteiger partial charge in [-0.2, -0.15) is 0 Å². The summed E-state index contributed by atoms with van der Waals surface area (Å²) >= 11 is 3.38. The maximum absolute atomic E-state index is 5.34. The van der Waals surface area contributed by atoms with E-state index in [-0.39, 0.29) is 6.04 Å². The van der Waals surface area contributed by atoms with Gasteiger partial charge in [0.2, 0.25) is 0 Å². The van der Waals surface area contributed by atoms with Gasteiger partial charge >= 0.3 is 0 Å². The number of aryl methyl sites for hydroxylation is 1. The summed E-state index contributed by atoms with van der Waals surface area (Å²) in [7, 11) is 0. The molecule has 0 aliphatic rings. The van der Waals surface area contributed by atoms with Crippen molar-refractivity contribution in [2.24, 2.45) is 0 Å². The third-order valence-corrected chi connectivity index (χ3v) is 2.80. The molecule has 0 fully saturated rings. The normalized spacial score (nSPS) is 12.4. The summed E-state index contributed by atoms with van der Waals surface area (Å²) in [5.74, 6) is 2.50. The zero-order valence-electron chi connectivity index (χ0n) is 9.77. The second-order valence-electron chi connectivity index (χ2n) is 3.73. The van der Waals surface area contributed by atoms with Gasteiger partial charge in [0.05, 0.1) is 12.3 Å². The zero-order valence-corrected chi connectivity index (χ0v) is 11.4. The monoisotopic (exact) mass is 295 g/mol. The van der Waals surface area contributed by atoms with E-state index in [0.717, 1.165) is 28.4 Å². The summed E-state index contributed by atoms with van der Waals surface area (Å²) in [4.78, 5) is 8.67. The second kappa shape index (κ2) is 5.31. The topological polar surface area (TPSA) is 51.0 Å². The van der Waals surface area contributed by atoms with Gasteiger partial charge in [0, 0.05) is 12.5 Å². The van der Waals surface area contributed by atoms with Crippen LogP contribution < -0.4 is 5.32 Å². The minimum atomic E-state index is 0.0801. The van der Waals surface area contributed by atoms with E-state index in [1.165, 1.54) is 0 Å². The Morgan fingerprint density at radius 2 is 2.29 bits per heavy atom. The van der Waals surface area contributed by atoms with Crippen LogP contribution >= 0.6 is 15.9 Å². The van der Waals surface area contributed by atoms with Gasteiger partial charge in [-0.3, -0.25) is 0 Å². The smallest absolute Gasteiger partial charge is 0.131 e. The number of furan rings is 1. The van der Waals surface area contributed by atoms with E-state index in [0.29, 0.717) is 0 Å². The van der Waals surface area contributed by atoms with Crippen molar-refractivity contribution in [3.05, 3.63) is 40.7 Å². The van der Waals surface area contributed by atoms with E-state index in [1.54, 1.807) is 6.26 Å². The van der Waals surface area contributed by atoms with Crippen LogP contribution in [0.5, 0.6) is 0 Å². The van der Waals surface area contributed by atoms with Crippen LogP contribution in [0.25, 0.3) is 0 Å². The lowest BCUT2D eigenvalue weighted by Crippen LogP contribution is -2.08. The second-order valence-corrected chi connectivity index (χ2v) is 4.54. The first-order valence-electron chi connectivity index (χ1n) is 5.52. The lowest BCUT2D eigenvalue weighted by Gasteiger charge is -2.12. The van der Waals surface area contributed by atoms with Crippen LogP contribution in [0.1, 0.15) is 31.5 Å². The maximum Gasteiger partial charge on any atom is 0.131 e. The largest absolute Gasteiger partial charge is 0.467 e. The number of nitrogens with one attached hydrogen (secondary N) is 1. The molecule has 0 radical (unpaired) electrons. The van der Waals surface area contributed by atoms with Gasteiger partial charge in [-0.25, -0.2) is 9.97 Å². The number of aromatic nitrogens is 2. The Kier molecular flexibility index (Phi) is 3.78. The molecule has 4 nitrogen and oxygen atoms in total. The molecule has 2 rings (SSSR count). The van der Waals surface area contributed by atoms with Crippen molar-refractivity contribution in [1.82, 2.24) is 9.97 Å². The van der Waals surface area contributed by atoms with E-state index >= 15 is 0 Å². The molecule has 17 heavy (non-hydrogen) atoms. The summed E-state index contributed by atoms with van der Waals surface area (Å²) in [6, 6.07) is 5.75. The van der Waals surface area contributed by atoms with Crippen LogP contribution in [-0.4, -0.2) is 9.97 Å². The number of hydrogen-bond donors (Lipinski definition) is 1. The molecule has 0 saturated heterocycles. The third-order valence-electron chi connectivity index (χ3n) is 2.39. The summed E-state index contributed by atoms with van der Waals surface area (Å²) < 4.78 is 6.13. The fourth-order valence-corrected chi connectivity index (χ4v) is 1.95. The first-order chi connectivity index (χ1) is 8.19. The molecule has 0 aliphatic carbocycles. The van der Waals surface area contributed by atoms with Crippen molar-refractivity contribution in [3.63, 3.8) is 0 Å². The highest BCUT2D eigenvalue weighted by molar-refractivity contribution is 9.10. The SMILES string of the molecule is CCc1nc(Br)cc(NC(C)c2ccco2)n1. The lowest BCUT2D eigenvalue weighted by molar-refractivity contribution is 0.490. The van der Waals surface area contributed by atoms with E-state index in [2.05, 4.69) is 31.2 Å². The van der Waals surface area contributed by atoms with Crippen molar-refractivity contribution < 1.29 is 4.42 Å². The van der Waals surface area contributed by atoms with Crippen molar-refractivity contribution in [2.45, 2.75) is 26.3 Å². The predicted octanol–water partition coefficient (Wildman–Crippen LogP) is 3.57. The van der Waals surface area contributed by atoms with Crippen LogP contribution in [0.2, 0.25) is 0 Å². The Hall–Kier alpha value is -1.36. The van der Waals surface area contributed by atoms with Crippen LogP contribution in [0, 0.1) is 0 Å². The molecule has 0 saturated carbocycles. The number of nitrogens with zero attached hydrogens (tertiary/aromatic N) is 2.